The van der Waals surface area contributed by atoms with E-state index in [1.165, 1.54) is 12.8 Å². The average molecular weight is 262 g/mol. The van der Waals surface area contributed by atoms with Gasteiger partial charge in [-0.05, 0) is 44.0 Å². The molecule has 18 heavy (non-hydrogen) atoms. The highest BCUT2D eigenvalue weighted by Gasteiger charge is 2.19. The summed E-state index contributed by atoms with van der Waals surface area (Å²) in [6.45, 7) is 4.29. The predicted octanol–water partition coefficient (Wildman–Crippen LogP) is 3.43. The lowest BCUT2D eigenvalue weighted by molar-refractivity contribution is 0.865. The second-order valence-electron chi connectivity index (χ2n) is 4.71. The molecule has 1 aliphatic rings. The van der Waals surface area contributed by atoms with Crippen LogP contribution in [0.5, 0.6) is 0 Å². The summed E-state index contributed by atoms with van der Waals surface area (Å²) in [6.07, 6.45) is 4.45. The van der Waals surface area contributed by atoms with Crippen LogP contribution >= 0.6 is 11.6 Å². The van der Waals surface area contributed by atoms with Crippen LogP contribution in [-0.4, -0.2) is 22.6 Å². The maximum Gasteiger partial charge on any atom is 0.210 e. The number of halogens is 1. The summed E-state index contributed by atoms with van der Waals surface area (Å²) in [5.41, 5.74) is 2.27. The Kier molecular flexibility index (Phi) is 3.00. The summed E-state index contributed by atoms with van der Waals surface area (Å²) in [4.78, 5) is 6.90. The van der Waals surface area contributed by atoms with Crippen LogP contribution in [0.15, 0.2) is 30.5 Å². The van der Waals surface area contributed by atoms with Crippen molar-refractivity contribution in [1.82, 2.24) is 9.55 Å². The van der Waals surface area contributed by atoms with Crippen molar-refractivity contribution in [3.63, 3.8) is 0 Å². The molecule has 0 unspecified atom stereocenters. The molecule has 0 radical (unpaired) electrons. The van der Waals surface area contributed by atoms with Gasteiger partial charge in [-0.1, -0.05) is 11.6 Å². The van der Waals surface area contributed by atoms with Gasteiger partial charge >= 0.3 is 0 Å². The minimum Gasteiger partial charge on any atom is -0.342 e. The molecule has 1 fully saturated rings. The number of hydrogen-bond acceptors (Lipinski definition) is 2. The fourth-order valence-corrected chi connectivity index (χ4v) is 2.60. The van der Waals surface area contributed by atoms with Crippen molar-refractivity contribution >= 4 is 17.5 Å². The number of nitrogens with zero attached hydrogens (tertiary/aromatic N) is 3. The first-order valence-electron chi connectivity index (χ1n) is 6.31. The van der Waals surface area contributed by atoms with E-state index in [1.807, 2.05) is 30.5 Å². The monoisotopic (exact) mass is 261 g/mol. The molecular weight excluding hydrogens is 246 g/mol. The molecule has 2 heterocycles. The second kappa shape index (κ2) is 4.65. The van der Waals surface area contributed by atoms with Gasteiger partial charge in [0.2, 0.25) is 5.95 Å². The smallest absolute Gasteiger partial charge is 0.210 e. The van der Waals surface area contributed by atoms with E-state index in [4.69, 9.17) is 11.6 Å². The summed E-state index contributed by atoms with van der Waals surface area (Å²) in [5.74, 6) is 1.05. The number of hydrogen-bond donors (Lipinski definition) is 0. The molecule has 0 N–H and O–H groups in total. The number of anilines is 1. The molecule has 0 spiro atoms. The van der Waals surface area contributed by atoms with E-state index >= 15 is 0 Å². The molecule has 3 nitrogen and oxygen atoms in total. The van der Waals surface area contributed by atoms with Gasteiger partial charge < -0.3 is 4.90 Å². The first-order valence-corrected chi connectivity index (χ1v) is 6.69. The van der Waals surface area contributed by atoms with Crippen molar-refractivity contribution in [2.24, 2.45) is 0 Å². The van der Waals surface area contributed by atoms with E-state index in [0.717, 1.165) is 35.4 Å². The Morgan fingerprint density at radius 2 is 1.78 bits per heavy atom. The van der Waals surface area contributed by atoms with Crippen molar-refractivity contribution in [2.45, 2.75) is 19.8 Å². The van der Waals surface area contributed by atoms with Crippen molar-refractivity contribution in [3.8, 4) is 5.69 Å². The zero-order valence-corrected chi connectivity index (χ0v) is 11.2. The van der Waals surface area contributed by atoms with Crippen molar-refractivity contribution in [3.05, 3.63) is 41.2 Å². The first kappa shape index (κ1) is 11.6. The van der Waals surface area contributed by atoms with Crippen molar-refractivity contribution < 1.29 is 0 Å². The summed E-state index contributed by atoms with van der Waals surface area (Å²) in [7, 11) is 0. The molecule has 0 saturated carbocycles. The van der Waals surface area contributed by atoms with Gasteiger partial charge in [0.1, 0.15) is 0 Å². The lowest BCUT2D eigenvalue weighted by Gasteiger charge is -2.19. The highest BCUT2D eigenvalue weighted by molar-refractivity contribution is 6.30. The van der Waals surface area contributed by atoms with Crippen molar-refractivity contribution in [2.75, 3.05) is 18.0 Å². The number of imidazole rings is 1. The largest absolute Gasteiger partial charge is 0.342 e. The third-order valence-electron chi connectivity index (χ3n) is 3.39. The van der Waals surface area contributed by atoms with Gasteiger partial charge in [0.25, 0.3) is 0 Å². The lowest BCUT2D eigenvalue weighted by Crippen LogP contribution is -2.22. The molecule has 0 atom stereocenters. The van der Waals surface area contributed by atoms with Gasteiger partial charge in [-0.2, -0.15) is 0 Å². The van der Waals surface area contributed by atoms with Gasteiger partial charge in [0, 0.05) is 29.5 Å². The minimum absolute atomic E-state index is 0.763. The Balaban J connectivity index is 2.04. The van der Waals surface area contributed by atoms with Gasteiger partial charge in [-0.15, -0.1) is 0 Å². The SMILES string of the molecule is Cc1cnc(N2CCCC2)n1-c1ccc(Cl)cc1. The molecule has 4 heteroatoms. The van der Waals surface area contributed by atoms with E-state index in [-0.39, 0.29) is 0 Å². The van der Waals surface area contributed by atoms with Gasteiger partial charge in [0.15, 0.2) is 0 Å². The number of rotatable bonds is 2. The average Bonchev–Trinajstić information content (AvgIpc) is 2.99. The van der Waals surface area contributed by atoms with Crippen LogP contribution in [0, 0.1) is 6.92 Å². The fourth-order valence-electron chi connectivity index (χ4n) is 2.47. The lowest BCUT2D eigenvalue weighted by atomic mass is 10.3. The summed E-state index contributed by atoms with van der Waals surface area (Å²) in [5, 5.41) is 0.763. The summed E-state index contributed by atoms with van der Waals surface area (Å²) in [6, 6.07) is 7.92. The van der Waals surface area contributed by atoms with E-state index in [9.17, 15) is 0 Å². The molecule has 94 valence electrons. The summed E-state index contributed by atoms with van der Waals surface area (Å²) >= 11 is 5.94. The maximum atomic E-state index is 5.94. The van der Waals surface area contributed by atoms with Crippen LogP contribution in [0.25, 0.3) is 5.69 Å². The minimum atomic E-state index is 0.763. The highest BCUT2D eigenvalue weighted by Crippen LogP contribution is 2.25. The topological polar surface area (TPSA) is 21.1 Å². The fraction of sp³-hybridized carbons (Fsp3) is 0.357. The summed E-state index contributed by atoms with van der Waals surface area (Å²) < 4.78 is 2.20. The van der Waals surface area contributed by atoms with E-state index in [1.54, 1.807) is 0 Å². The Hall–Kier alpha value is -1.48. The predicted molar refractivity (Wildman–Crippen MR) is 74.8 cm³/mol. The Bertz CT molecular complexity index is 539. The molecule has 0 amide bonds. The Morgan fingerprint density at radius 1 is 1.11 bits per heavy atom. The molecule has 2 aromatic rings. The standard InChI is InChI=1S/C14H16ClN3/c1-11-10-16-14(17-8-2-3-9-17)18(11)13-6-4-12(15)5-7-13/h4-7,10H,2-3,8-9H2,1H3. The van der Waals surface area contributed by atoms with Gasteiger partial charge in [-0.25, -0.2) is 4.98 Å². The van der Waals surface area contributed by atoms with E-state index < -0.39 is 0 Å². The van der Waals surface area contributed by atoms with Gasteiger partial charge in [0.05, 0.1) is 6.20 Å². The molecule has 3 rings (SSSR count). The van der Waals surface area contributed by atoms with Crippen LogP contribution in [0.3, 0.4) is 0 Å². The van der Waals surface area contributed by atoms with Crippen LogP contribution in [-0.2, 0) is 0 Å². The molecular formula is C14H16ClN3. The van der Waals surface area contributed by atoms with Crippen LogP contribution in [0.4, 0.5) is 5.95 Å². The number of aromatic nitrogens is 2. The molecule has 1 aliphatic heterocycles. The molecule has 1 saturated heterocycles. The Morgan fingerprint density at radius 3 is 2.44 bits per heavy atom. The zero-order chi connectivity index (χ0) is 12.5. The zero-order valence-electron chi connectivity index (χ0n) is 10.4. The van der Waals surface area contributed by atoms with E-state index in [2.05, 4.69) is 21.4 Å². The number of benzene rings is 1. The number of aryl methyl sites for hydroxylation is 1. The maximum absolute atomic E-state index is 5.94. The molecule has 0 aliphatic carbocycles. The second-order valence-corrected chi connectivity index (χ2v) is 5.14. The van der Waals surface area contributed by atoms with E-state index in [0.29, 0.717) is 0 Å². The van der Waals surface area contributed by atoms with Crippen LogP contribution < -0.4 is 4.90 Å². The van der Waals surface area contributed by atoms with Crippen LogP contribution in [0.1, 0.15) is 18.5 Å². The van der Waals surface area contributed by atoms with Gasteiger partial charge in [-0.3, -0.25) is 4.57 Å². The molecule has 0 bridgehead atoms. The normalized spacial score (nSPS) is 15.3. The Labute approximate surface area is 112 Å². The molecule has 1 aromatic carbocycles. The van der Waals surface area contributed by atoms with Crippen molar-refractivity contribution in [1.29, 1.82) is 0 Å². The molecule has 1 aromatic heterocycles. The third kappa shape index (κ3) is 1.99. The first-order chi connectivity index (χ1) is 8.75. The quantitative estimate of drug-likeness (QED) is 0.826. The van der Waals surface area contributed by atoms with Crippen LogP contribution in [0.2, 0.25) is 5.02 Å². The third-order valence-corrected chi connectivity index (χ3v) is 3.65. The highest BCUT2D eigenvalue weighted by atomic mass is 35.5.